The van der Waals surface area contributed by atoms with Crippen molar-refractivity contribution in [2.45, 2.75) is 0 Å². The van der Waals surface area contributed by atoms with Gasteiger partial charge in [-0.3, -0.25) is 9.97 Å². The van der Waals surface area contributed by atoms with Crippen molar-refractivity contribution in [3.8, 4) is 11.1 Å². The fourth-order valence-corrected chi connectivity index (χ4v) is 2.53. The standard InChI is InChI=1S/C18H12N2/c1-2-6-13(7-3-1)14-10-16-15-8-4-5-9-17(15)20-12-18(16)19-11-14/h1-12H. The third kappa shape index (κ3) is 1.74. The van der Waals surface area contributed by atoms with Crippen molar-refractivity contribution in [3.05, 3.63) is 73.1 Å². The van der Waals surface area contributed by atoms with Gasteiger partial charge < -0.3 is 0 Å². The molecule has 20 heavy (non-hydrogen) atoms. The molecule has 4 rings (SSSR count). The summed E-state index contributed by atoms with van der Waals surface area (Å²) in [6, 6.07) is 20.7. The summed E-state index contributed by atoms with van der Waals surface area (Å²) in [5.41, 5.74) is 4.26. The molecule has 0 aliphatic rings. The van der Waals surface area contributed by atoms with Gasteiger partial charge in [-0.1, -0.05) is 48.5 Å². The minimum Gasteiger partial charge on any atom is -0.254 e. The second-order valence-corrected chi connectivity index (χ2v) is 4.80. The SMILES string of the molecule is c1ccc(-c2cnc3cnc4ccccc4c3c2)cc1. The molecule has 0 aliphatic heterocycles. The Bertz CT molecular complexity index is 899. The van der Waals surface area contributed by atoms with Crippen LogP contribution in [0.2, 0.25) is 0 Å². The number of fused-ring (bicyclic) bond motifs is 3. The molecule has 2 heterocycles. The van der Waals surface area contributed by atoms with Crippen molar-refractivity contribution in [2.75, 3.05) is 0 Å². The predicted molar refractivity (Wildman–Crippen MR) is 82.5 cm³/mol. The molecule has 0 atom stereocenters. The highest BCUT2D eigenvalue weighted by atomic mass is 14.7. The van der Waals surface area contributed by atoms with Gasteiger partial charge in [-0.25, -0.2) is 0 Å². The minimum absolute atomic E-state index is 0.934. The van der Waals surface area contributed by atoms with Crippen LogP contribution in [0.3, 0.4) is 0 Å². The molecule has 0 unspecified atom stereocenters. The number of nitrogens with zero attached hydrogens (tertiary/aromatic N) is 2. The lowest BCUT2D eigenvalue weighted by atomic mass is 10.0. The van der Waals surface area contributed by atoms with E-state index < -0.39 is 0 Å². The van der Waals surface area contributed by atoms with Gasteiger partial charge >= 0.3 is 0 Å². The average Bonchev–Trinajstić information content (AvgIpc) is 2.55. The van der Waals surface area contributed by atoms with Crippen molar-refractivity contribution in [1.29, 1.82) is 0 Å². The van der Waals surface area contributed by atoms with Gasteiger partial charge in [0.25, 0.3) is 0 Å². The van der Waals surface area contributed by atoms with Gasteiger partial charge in [-0.15, -0.1) is 0 Å². The zero-order chi connectivity index (χ0) is 13.4. The van der Waals surface area contributed by atoms with Gasteiger partial charge in [0.2, 0.25) is 0 Å². The van der Waals surface area contributed by atoms with Crippen LogP contribution in [0.4, 0.5) is 0 Å². The Kier molecular flexibility index (Phi) is 2.46. The molecule has 2 aromatic heterocycles. The van der Waals surface area contributed by atoms with Crippen LogP contribution in [0, 0.1) is 0 Å². The lowest BCUT2D eigenvalue weighted by Crippen LogP contribution is -1.86. The highest BCUT2D eigenvalue weighted by molar-refractivity contribution is 6.05. The quantitative estimate of drug-likeness (QED) is 0.470. The number of rotatable bonds is 1. The third-order valence-corrected chi connectivity index (χ3v) is 3.55. The Balaban J connectivity index is 2.05. The van der Waals surface area contributed by atoms with Crippen LogP contribution in [0.1, 0.15) is 0 Å². The van der Waals surface area contributed by atoms with Crippen LogP contribution in [0.15, 0.2) is 73.1 Å². The Labute approximate surface area is 116 Å². The van der Waals surface area contributed by atoms with Crippen molar-refractivity contribution in [3.63, 3.8) is 0 Å². The van der Waals surface area contributed by atoms with E-state index in [1.54, 1.807) is 0 Å². The van der Waals surface area contributed by atoms with Crippen LogP contribution in [0.25, 0.3) is 32.9 Å². The van der Waals surface area contributed by atoms with Gasteiger partial charge in [0, 0.05) is 22.5 Å². The summed E-state index contributed by atoms with van der Waals surface area (Å²) in [7, 11) is 0. The van der Waals surface area contributed by atoms with E-state index in [-0.39, 0.29) is 0 Å². The van der Waals surface area contributed by atoms with E-state index in [1.165, 1.54) is 5.56 Å². The molecule has 94 valence electrons. The maximum atomic E-state index is 4.55. The Morgan fingerprint density at radius 3 is 2.20 bits per heavy atom. The van der Waals surface area contributed by atoms with Gasteiger partial charge in [0.05, 0.1) is 17.2 Å². The van der Waals surface area contributed by atoms with Crippen molar-refractivity contribution >= 4 is 21.8 Å². The van der Waals surface area contributed by atoms with E-state index in [0.29, 0.717) is 0 Å². The van der Waals surface area contributed by atoms with E-state index in [2.05, 4.69) is 34.2 Å². The third-order valence-electron chi connectivity index (χ3n) is 3.55. The number of hydrogen-bond donors (Lipinski definition) is 0. The largest absolute Gasteiger partial charge is 0.254 e. The Morgan fingerprint density at radius 1 is 0.550 bits per heavy atom. The molecule has 0 bridgehead atoms. The number of benzene rings is 2. The van der Waals surface area contributed by atoms with Gasteiger partial charge in [0.15, 0.2) is 0 Å². The molecule has 0 amide bonds. The van der Waals surface area contributed by atoms with Crippen LogP contribution in [-0.4, -0.2) is 9.97 Å². The topological polar surface area (TPSA) is 25.8 Å². The van der Waals surface area contributed by atoms with Gasteiger partial charge in [-0.2, -0.15) is 0 Å². The highest BCUT2D eigenvalue weighted by Gasteiger charge is 2.04. The summed E-state index contributed by atoms with van der Waals surface area (Å²) in [5, 5.41) is 2.30. The molecule has 0 N–H and O–H groups in total. The normalized spacial score (nSPS) is 11.0. The molecule has 0 aliphatic carbocycles. The number of pyridine rings is 2. The number of hydrogen-bond acceptors (Lipinski definition) is 2. The lowest BCUT2D eigenvalue weighted by Gasteiger charge is -2.06. The van der Waals surface area contributed by atoms with Crippen molar-refractivity contribution < 1.29 is 0 Å². The zero-order valence-electron chi connectivity index (χ0n) is 10.8. The molecular weight excluding hydrogens is 244 g/mol. The van der Waals surface area contributed by atoms with Crippen LogP contribution < -0.4 is 0 Å². The van der Waals surface area contributed by atoms with Crippen LogP contribution >= 0.6 is 0 Å². The van der Waals surface area contributed by atoms with Crippen LogP contribution in [0.5, 0.6) is 0 Å². The first-order valence-corrected chi connectivity index (χ1v) is 6.61. The summed E-state index contributed by atoms with van der Waals surface area (Å²) in [4.78, 5) is 8.99. The number of aromatic nitrogens is 2. The van der Waals surface area contributed by atoms with Gasteiger partial charge in [-0.05, 0) is 17.7 Å². The first kappa shape index (κ1) is 11.1. The molecule has 0 fully saturated rings. The highest BCUT2D eigenvalue weighted by Crippen LogP contribution is 2.26. The molecule has 0 saturated heterocycles. The molecule has 2 aromatic carbocycles. The molecule has 0 spiro atoms. The smallest absolute Gasteiger partial charge is 0.0892 e. The summed E-state index contributed by atoms with van der Waals surface area (Å²) < 4.78 is 0. The fraction of sp³-hybridized carbons (Fsp3) is 0. The second kappa shape index (κ2) is 4.42. The first-order chi connectivity index (χ1) is 9.92. The van der Waals surface area contributed by atoms with E-state index in [4.69, 9.17) is 0 Å². The first-order valence-electron chi connectivity index (χ1n) is 6.61. The Hall–Kier alpha value is -2.74. The maximum Gasteiger partial charge on any atom is 0.0892 e. The summed E-state index contributed by atoms with van der Waals surface area (Å²) in [6.07, 6.45) is 3.75. The minimum atomic E-state index is 0.934. The second-order valence-electron chi connectivity index (χ2n) is 4.80. The lowest BCUT2D eigenvalue weighted by molar-refractivity contribution is 1.36. The summed E-state index contributed by atoms with van der Waals surface area (Å²) in [5.74, 6) is 0. The van der Waals surface area contributed by atoms with Crippen molar-refractivity contribution in [2.24, 2.45) is 0 Å². The van der Waals surface area contributed by atoms with Crippen molar-refractivity contribution in [1.82, 2.24) is 9.97 Å². The molecule has 4 aromatic rings. The fourth-order valence-electron chi connectivity index (χ4n) is 2.53. The zero-order valence-corrected chi connectivity index (χ0v) is 10.8. The Morgan fingerprint density at radius 2 is 1.30 bits per heavy atom. The monoisotopic (exact) mass is 256 g/mol. The van der Waals surface area contributed by atoms with E-state index >= 15 is 0 Å². The van der Waals surface area contributed by atoms with Gasteiger partial charge in [0.1, 0.15) is 0 Å². The van der Waals surface area contributed by atoms with E-state index in [0.717, 1.165) is 27.4 Å². The molecular formula is C18H12N2. The summed E-state index contributed by atoms with van der Waals surface area (Å²) in [6.45, 7) is 0. The van der Waals surface area contributed by atoms with E-state index in [9.17, 15) is 0 Å². The molecule has 2 nitrogen and oxygen atoms in total. The predicted octanol–water partition coefficient (Wildman–Crippen LogP) is 4.45. The molecule has 0 radical (unpaired) electrons. The summed E-state index contributed by atoms with van der Waals surface area (Å²) >= 11 is 0. The molecule has 0 saturated carbocycles. The van der Waals surface area contributed by atoms with E-state index in [1.807, 2.05) is 48.8 Å². The van der Waals surface area contributed by atoms with Crippen LogP contribution in [-0.2, 0) is 0 Å². The molecule has 2 heteroatoms. The number of para-hydroxylation sites is 1. The maximum absolute atomic E-state index is 4.55. The average molecular weight is 256 g/mol.